The van der Waals surface area contributed by atoms with E-state index in [-0.39, 0.29) is 10.8 Å². The SMILES string of the molecule is NCCCON(CCOc1ccc2sc(S(=O)(=O)NCP(=O)(O)O)cc2c1)OCCCN.O=C(O)C(F)(F)F.O=C(O)C(F)(F)F. The quantitative estimate of drug-likeness (QED) is 0.0560. The van der Waals surface area contributed by atoms with E-state index in [9.17, 15) is 39.3 Å². The van der Waals surface area contributed by atoms with Crippen LogP contribution in [0, 0.1) is 0 Å². The number of rotatable bonds is 16. The first kappa shape index (κ1) is 43.4. The lowest BCUT2D eigenvalue weighted by Crippen LogP contribution is -2.30. The molecular formula is C21H31F6N4O12PS2. The number of carboxylic acids is 2. The number of hydrogen-bond donors (Lipinski definition) is 7. The molecule has 0 spiro atoms. The van der Waals surface area contributed by atoms with Gasteiger partial charge in [-0.1, -0.05) is 5.23 Å². The maximum atomic E-state index is 12.3. The van der Waals surface area contributed by atoms with E-state index in [4.69, 9.17) is 55.5 Å². The van der Waals surface area contributed by atoms with Gasteiger partial charge in [0.25, 0.3) is 10.0 Å². The predicted molar refractivity (Wildman–Crippen MR) is 148 cm³/mol. The third-order valence-corrected chi connectivity index (χ3v) is 8.16. The molecule has 0 aliphatic rings. The highest BCUT2D eigenvalue weighted by atomic mass is 32.2. The zero-order chi connectivity index (χ0) is 35.8. The standard InChI is InChI=1S/C17H29N4O8PS2.2C2HF3O2/c18-5-1-8-28-21(29-9-2-6-19)7-10-27-15-3-4-16-14(11-15)12-17(31-16)32(25,26)20-13-30(22,23)24;2*3-2(4,5)1(6)7/h3-4,11-12,20H,1-2,5-10,13,18-19H2,(H2,22,23,24);2*(H,6,7). The van der Waals surface area contributed by atoms with Crippen molar-refractivity contribution in [1.82, 2.24) is 9.95 Å². The van der Waals surface area contributed by atoms with Crippen molar-refractivity contribution >= 4 is 51.0 Å². The number of fused-ring (bicyclic) bond motifs is 1. The summed E-state index contributed by atoms with van der Waals surface area (Å²) in [5.74, 6) is -4.99. The van der Waals surface area contributed by atoms with E-state index >= 15 is 0 Å². The lowest BCUT2D eigenvalue weighted by atomic mass is 10.2. The number of aliphatic carboxylic acids is 2. The molecule has 2 aromatic rings. The number of hydrogen-bond acceptors (Lipinski definition) is 12. The van der Waals surface area contributed by atoms with Crippen molar-refractivity contribution in [2.75, 3.05) is 45.7 Å². The number of ether oxygens (including phenoxy) is 1. The van der Waals surface area contributed by atoms with Gasteiger partial charge in [0.05, 0.1) is 19.8 Å². The number of halogens is 6. The zero-order valence-corrected chi connectivity index (χ0v) is 25.9. The highest BCUT2D eigenvalue weighted by Crippen LogP contribution is 2.35. The average molecular weight is 741 g/mol. The summed E-state index contributed by atoms with van der Waals surface area (Å²) in [5.41, 5.74) is 10.9. The molecule has 0 radical (unpaired) electrons. The predicted octanol–water partition coefficient (Wildman–Crippen LogP) is 1.82. The lowest BCUT2D eigenvalue weighted by molar-refractivity contribution is -0.369. The minimum absolute atomic E-state index is 0.0501. The van der Waals surface area contributed by atoms with Crippen LogP contribution in [0.4, 0.5) is 26.3 Å². The van der Waals surface area contributed by atoms with Crippen LogP contribution < -0.4 is 20.9 Å². The molecule has 46 heavy (non-hydrogen) atoms. The molecule has 16 nitrogen and oxygen atoms in total. The Labute approximate surface area is 260 Å². The third-order valence-electron chi connectivity index (χ3n) is 4.39. The summed E-state index contributed by atoms with van der Waals surface area (Å²) in [6.45, 7) is 2.39. The van der Waals surface area contributed by atoms with Crippen molar-refractivity contribution in [2.24, 2.45) is 11.5 Å². The monoisotopic (exact) mass is 740 g/mol. The molecule has 0 aliphatic carbocycles. The fraction of sp³-hybridized carbons (Fsp3) is 0.524. The Kier molecular flexibility index (Phi) is 18.7. The number of thiophene rings is 1. The van der Waals surface area contributed by atoms with Crippen molar-refractivity contribution in [2.45, 2.75) is 29.4 Å². The van der Waals surface area contributed by atoms with E-state index < -0.39 is 48.2 Å². The Morgan fingerprint density at radius 3 is 1.80 bits per heavy atom. The fourth-order valence-corrected chi connectivity index (χ4v) is 5.80. The van der Waals surface area contributed by atoms with Crippen LogP contribution in [-0.2, 0) is 33.9 Å². The average Bonchev–Trinajstić information content (AvgIpc) is 3.36. The Bertz CT molecular complexity index is 1360. The Morgan fingerprint density at radius 1 is 0.913 bits per heavy atom. The molecule has 0 amide bonds. The van der Waals surface area contributed by atoms with Gasteiger partial charge in [-0.15, -0.1) is 11.3 Å². The van der Waals surface area contributed by atoms with Crippen LogP contribution >= 0.6 is 18.9 Å². The van der Waals surface area contributed by atoms with Crippen LogP contribution in [0.2, 0.25) is 0 Å². The van der Waals surface area contributed by atoms with Gasteiger partial charge in [-0.3, -0.25) is 14.2 Å². The zero-order valence-electron chi connectivity index (χ0n) is 23.4. The Hall–Kier alpha value is -2.64. The van der Waals surface area contributed by atoms with Gasteiger partial charge >= 0.3 is 31.9 Å². The first-order valence-electron chi connectivity index (χ1n) is 12.3. The van der Waals surface area contributed by atoms with Crippen LogP contribution in [0.25, 0.3) is 10.1 Å². The second kappa shape index (κ2) is 19.9. The topological polar surface area (TPSA) is 261 Å². The van der Waals surface area contributed by atoms with Gasteiger partial charge in [0, 0.05) is 4.70 Å². The highest BCUT2D eigenvalue weighted by molar-refractivity contribution is 7.92. The van der Waals surface area contributed by atoms with Crippen LogP contribution in [0.3, 0.4) is 0 Å². The summed E-state index contributed by atoms with van der Waals surface area (Å²) in [7, 11) is -8.55. The second-order valence-corrected chi connectivity index (χ2v) is 12.9. The van der Waals surface area contributed by atoms with Crippen LogP contribution in [0.5, 0.6) is 5.75 Å². The normalized spacial score (nSPS) is 12.2. The summed E-state index contributed by atoms with van der Waals surface area (Å²) < 4.78 is 107. The van der Waals surface area contributed by atoms with Crippen LogP contribution in [-0.4, -0.2) is 104 Å². The molecule has 1 heterocycles. The Morgan fingerprint density at radius 2 is 1.39 bits per heavy atom. The molecule has 266 valence electrons. The van der Waals surface area contributed by atoms with Gasteiger partial charge < -0.3 is 36.2 Å². The van der Waals surface area contributed by atoms with E-state index in [0.29, 0.717) is 61.5 Å². The van der Waals surface area contributed by atoms with Gasteiger partial charge in [-0.2, -0.15) is 31.1 Å². The number of nitrogens with two attached hydrogens (primary N) is 2. The van der Waals surface area contributed by atoms with Gasteiger partial charge in [-0.05, 0) is 55.6 Å². The van der Waals surface area contributed by atoms with E-state index in [1.54, 1.807) is 18.2 Å². The maximum Gasteiger partial charge on any atom is 0.490 e. The van der Waals surface area contributed by atoms with Crippen LogP contribution in [0.15, 0.2) is 28.5 Å². The van der Waals surface area contributed by atoms with Gasteiger partial charge in [-0.25, -0.2) is 18.0 Å². The molecule has 0 atom stereocenters. The first-order valence-corrected chi connectivity index (χ1v) is 16.4. The molecule has 1 aromatic carbocycles. The molecule has 2 rings (SSSR count). The number of carbonyl (C=O) groups is 2. The molecule has 0 fully saturated rings. The van der Waals surface area contributed by atoms with Crippen molar-refractivity contribution < 1.29 is 83.3 Å². The minimum atomic E-state index is -5.08. The first-order chi connectivity index (χ1) is 21.0. The van der Waals surface area contributed by atoms with Gasteiger partial charge in [0.15, 0.2) is 0 Å². The summed E-state index contributed by atoms with van der Waals surface area (Å²) in [6, 6.07) is 6.52. The van der Waals surface area contributed by atoms with E-state index in [0.717, 1.165) is 11.3 Å². The number of nitrogens with zero attached hydrogens (tertiary/aromatic N) is 1. The molecular weight excluding hydrogens is 709 g/mol. The lowest BCUT2D eigenvalue weighted by Gasteiger charge is -2.21. The largest absolute Gasteiger partial charge is 0.492 e. The van der Waals surface area contributed by atoms with E-state index in [1.807, 2.05) is 4.72 Å². The molecule has 0 unspecified atom stereocenters. The number of carboxylic acid groups (broad SMARTS) is 2. The van der Waals surface area contributed by atoms with Crippen molar-refractivity contribution in [3.63, 3.8) is 0 Å². The van der Waals surface area contributed by atoms with E-state index in [1.165, 1.54) is 11.3 Å². The number of sulfonamides is 1. The fourth-order valence-electron chi connectivity index (χ4n) is 2.36. The number of hydroxylamine groups is 2. The van der Waals surface area contributed by atoms with Gasteiger partial charge in [0.1, 0.15) is 22.9 Å². The summed E-state index contributed by atoms with van der Waals surface area (Å²) >= 11 is 0.987. The van der Waals surface area contributed by atoms with Crippen LogP contribution in [0.1, 0.15) is 12.8 Å². The molecule has 0 saturated heterocycles. The second-order valence-electron chi connectivity index (χ2n) is 8.20. The number of nitrogens with one attached hydrogen (secondary N) is 1. The maximum absolute atomic E-state index is 12.3. The summed E-state index contributed by atoms with van der Waals surface area (Å²) in [5, 5.41) is 16.2. The molecule has 0 bridgehead atoms. The smallest absolute Gasteiger partial charge is 0.490 e. The molecule has 9 N–H and O–H groups in total. The molecule has 1 aromatic heterocycles. The highest BCUT2D eigenvalue weighted by Gasteiger charge is 2.38. The van der Waals surface area contributed by atoms with Crippen molar-refractivity contribution in [1.29, 1.82) is 0 Å². The Balaban J connectivity index is 0.00000120. The summed E-state index contributed by atoms with van der Waals surface area (Å²) in [6.07, 6.45) is -9.77. The molecule has 0 aliphatic heterocycles. The number of benzene rings is 1. The summed E-state index contributed by atoms with van der Waals surface area (Å²) in [4.78, 5) is 46.6. The van der Waals surface area contributed by atoms with Gasteiger partial charge in [0.2, 0.25) is 0 Å². The molecule has 25 heteroatoms. The van der Waals surface area contributed by atoms with E-state index in [2.05, 4.69) is 0 Å². The minimum Gasteiger partial charge on any atom is -0.492 e. The third kappa shape index (κ3) is 19.1. The number of alkyl halides is 6. The van der Waals surface area contributed by atoms with Crippen molar-refractivity contribution in [3.05, 3.63) is 24.3 Å². The van der Waals surface area contributed by atoms with Crippen molar-refractivity contribution in [3.8, 4) is 5.75 Å². The molecule has 0 saturated carbocycles.